The molecule has 0 unspecified atom stereocenters. The highest BCUT2D eigenvalue weighted by Crippen LogP contribution is 2.50. The van der Waals surface area contributed by atoms with Crippen molar-refractivity contribution in [2.45, 2.75) is 0 Å². The standard InChI is InChI=1S/C50H30O/c1-2-13-31(14-3-1)37-28-27-33(36-23-10-16-32-15-4-5-18-35(32)36)29-43(37)48-38-19-6-8-21-40(38)49(41-22-9-7-20-39(41)48)44-30-34-17-11-25-45-47(34)50-42(44)24-12-26-46(50)51-45/h1-30H. The summed E-state index contributed by atoms with van der Waals surface area (Å²) in [6.07, 6.45) is 0. The minimum atomic E-state index is 0.934. The van der Waals surface area contributed by atoms with Gasteiger partial charge in [-0.25, -0.2) is 0 Å². The molecule has 1 aromatic heterocycles. The van der Waals surface area contributed by atoms with Gasteiger partial charge in [0.15, 0.2) is 0 Å². The number of rotatable bonds is 4. The molecule has 51 heavy (non-hydrogen) atoms. The Hall–Kier alpha value is -6.70. The van der Waals surface area contributed by atoms with Crippen LogP contribution in [0.3, 0.4) is 0 Å². The molecule has 0 aliphatic carbocycles. The molecule has 0 radical (unpaired) electrons. The molecule has 10 aromatic carbocycles. The summed E-state index contributed by atoms with van der Waals surface area (Å²) >= 11 is 0. The smallest absolute Gasteiger partial charge is 0.136 e. The van der Waals surface area contributed by atoms with Crippen LogP contribution in [0.5, 0.6) is 0 Å². The van der Waals surface area contributed by atoms with E-state index in [9.17, 15) is 0 Å². The molecule has 0 spiro atoms. The normalized spacial score (nSPS) is 11.9. The lowest BCUT2D eigenvalue weighted by atomic mass is 9.81. The molecule has 0 atom stereocenters. The van der Waals surface area contributed by atoms with Gasteiger partial charge < -0.3 is 4.42 Å². The molecule has 11 rings (SSSR count). The van der Waals surface area contributed by atoms with Gasteiger partial charge in [-0.05, 0) is 112 Å². The summed E-state index contributed by atoms with van der Waals surface area (Å²) in [5, 5.41) is 12.3. The minimum absolute atomic E-state index is 0.934. The van der Waals surface area contributed by atoms with Gasteiger partial charge in [0.25, 0.3) is 0 Å². The number of hydrogen-bond donors (Lipinski definition) is 0. The molecule has 0 amide bonds. The van der Waals surface area contributed by atoms with Crippen molar-refractivity contribution in [2.75, 3.05) is 0 Å². The zero-order chi connectivity index (χ0) is 33.5. The Morgan fingerprint density at radius 3 is 1.57 bits per heavy atom. The van der Waals surface area contributed by atoms with Crippen LogP contribution < -0.4 is 0 Å². The van der Waals surface area contributed by atoms with Crippen molar-refractivity contribution >= 4 is 65.0 Å². The van der Waals surface area contributed by atoms with E-state index >= 15 is 0 Å². The Morgan fingerprint density at radius 2 is 0.824 bits per heavy atom. The van der Waals surface area contributed by atoms with Crippen LogP contribution in [0.2, 0.25) is 0 Å². The maximum atomic E-state index is 6.39. The van der Waals surface area contributed by atoms with Crippen LogP contribution in [0.1, 0.15) is 0 Å². The number of hydrogen-bond acceptors (Lipinski definition) is 1. The van der Waals surface area contributed by atoms with Crippen molar-refractivity contribution in [3.8, 4) is 44.5 Å². The molecule has 0 saturated carbocycles. The molecular formula is C50H30O. The van der Waals surface area contributed by atoms with Gasteiger partial charge in [0.05, 0.1) is 0 Å². The largest absolute Gasteiger partial charge is 0.456 e. The monoisotopic (exact) mass is 646 g/mol. The average molecular weight is 647 g/mol. The quantitative estimate of drug-likeness (QED) is 0.137. The van der Waals surface area contributed by atoms with Gasteiger partial charge in [-0.15, -0.1) is 0 Å². The highest BCUT2D eigenvalue weighted by molar-refractivity contribution is 6.30. The van der Waals surface area contributed by atoms with E-state index in [2.05, 4.69) is 182 Å². The summed E-state index contributed by atoms with van der Waals surface area (Å²) in [5.41, 5.74) is 11.7. The van der Waals surface area contributed by atoms with E-state index in [0.717, 1.165) is 11.2 Å². The molecule has 236 valence electrons. The van der Waals surface area contributed by atoms with Crippen molar-refractivity contribution in [3.05, 3.63) is 182 Å². The first-order valence-corrected chi connectivity index (χ1v) is 17.6. The SMILES string of the molecule is c1ccc(-c2ccc(-c3cccc4ccccc34)cc2-c2c3ccccc3c(-c3cc4cccc5oc6cccc3c6c45)c3ccccc23)cc1. The highest BCUT2D eigenvalue weighted by Gasteiger charge is 2.23. The lowest BCUT2D eigenvalue weighted by molar-refractivity contribution is 0.669. The topological polar surface area (TPSA) is 13.1 Å². The molecule has 11 aromatic rings. The Balaban J connectivity index is 1.28. The highest BCUT2D eigenvalue weighted by atomic mass is 16.3. The zero-order valence-corrected chi connectivity index (χ0v) is 27.7. The van der Waals surface area contributed by atoms with Crippen molar-refractivity contribution in [1.29, 1.82) is 0 Å². The van der Waals surface area contributed by atoms with Gasteiger partial charge in [-0.1, -0.05) is 158 Å². The average Bonchev–Trinajstić information content (AvgIpc) is 3.59. The summed E-state index contributed by atoms with van der Waals surface area (Å²) in [5.74, 6) is 0. The van der Waals surface area contributed by atoms with Gasteiger partial charge in [0.2, 0.25) is 0 Å². The lowest BCUT2D eigenvalue weighted by Crippen LogP contribution is -1.94. The van der Waals surface area contributed by atoms with Crippen LogP contribution in [0, 0.1) is 0 Å². The Bertz CT molecular complexity index is 3070. The van der Waals surface area contributed by atoms with E-state index < -0.39 is 0 Å². The van der Waals surface area contributed by atoms with Crippen molar-refractivity contribution in [2.24, 2.45) is 0 Å². The van der Waals surface area contributed by atoms with E-state index in [4.69, 9.17) is 4.42 Å². The first kappa shape index (κ1) is 28.2. The van der Waals surface area contributed by atoms with Gasteiger partial charge >= 0.3 is 0 Å². The Kier molecular flexibility index (Phi) is 6.02. The second-order valence-electron chi connectivity index (χ2n) is 13.6. The van der Waals surface area contributed by atoms with Crippen LogP contribution in [-0.2, 0) is 0 Å². The molecule has 0 bridgehead atoms. The second kappa shape index (κ2) is 10.9. The molecule has 1 heterocycles. The van der Waals surface area contributed by atoms with Crippen LogP contribution in [0.15, 0.2) is 186 Å². The third kappa shape index (κ3) is 4.16. The van der Waals surface area contributed by atoms with Crippen LogP contribution >= 0.6 is 0 Å². The summed E-state index contributed by atoms with van der Waals surface area (Å²) in [6.45, 7) is 0. The van der Waals surface area contributed by atoms with E-state index in [1.165, 1.54) is 98.4 Å². The fraction of sp³-hybridized carbons (Fsp3) is 0. The summed E-state index contributed by atoms with van der Waals surface area (Å²) < 4.78 is 6.39. The van der Waals surface area contributed by atoms with Crippen LogP contribution in [0.25, 0.3) is 110 Å². The van der Waals surface area contributed by atoms with Gasteiger partial charge in [0, 0.05) is 10.8 Å². The predicted molar refractivity (Wildman–Crippen MR) is 217 cm³/mol. The third-order valence-electron chi connectivity index (χ3n) is 10.8. The van der Waals surface area contributed by atoms with E-state index in [1.54, 1.807) is 0 Å². The van der Waals surface area contributed by atoms with E-state index in [-0.39, 0.29) is 0 Å². The predicted octanol–water partition coefficient (Wildman–Crippen LogP) is 14.3. The number of fused-ring (bicyclic) bond motifs is 3. The zero-order valence-electron chi connectivity index (χ0n) is 27.7. The van der Waals surface area contributed by atoms with Gasteiger partial charge in [-0.3, -0.25) is 0 Å². The Labute approximate surface area is 295 Å². The van der Waals surface area contributed by atoms with Crippen molar-refractivity contribution in [3.63, 3.8) is 0 Å². The molecule has 0 N–H and O–H groups in total. The van der Waals surface area contributed by atoms with E-state index in [0.29, 0.717) is 0 Å². The molecular weight excluding hydrogens is 617 g/mol. The van der Waals surface area contributed by atoms with Crippen LogP contribution in [0.4, 0.5) is 0 Å². The molecule has 0 fully saturated rings. The van der Waals surface area contributed by atoms with E-state index in [1.807, 2.05) is 0 Å². The maximum Gasteiger partial charge on any atom is 0.136 e. The fourth-order valence-corrected chi connectivity index (χ4v) is 8.65. The van der Waals surface area contributed by atoms with Gasteiger partial charge in [-0.2, -0.15) is 0 Å². The molecule has 0 aliphatic heterocycles. The summed E-state index contributed by atoms with van der Waals surface area (Å²) in [6, 6.07) is 66.4. The number of benzene rings is 10. The molecule has 1 nitrogen and oxygen atoms in total. The molecule has 0 aliphatic rings. The first-order chi connectivity index (χ1) is 25.3. The van der Waals surface area contributed by atoms with Gasteiger partial charge in [0.1, 0.15) is 11.2 Å². The third-order valence-corrected chi connectivity index (χ3v) is 10.8. The van der Waals surface area contributed by atoms with Crippen molar-refractivity contribution in [1.82, 2.24) is 0 Å². The van der Waals surface area contributed by atoms with Crippen molar-refractivity contribution < 1.29 is 4.42 Å². The summed E-state index contributed by atoms with van der Waals surface area (Å²) in [4.78, 5) is 0. The molecule has 0 saturated heterocycles. The lowest BCUT2D eigenvalue weighted by Gasteiger charge is -2.21. The Morgan fingerprint density at radius 1 is 0.275 bits per heavy atom. The first-order valence-electron chi connectivity index (χ1n) is 17.6. The maximum absolute atomic E-state index is 6.39. The fourth-order valence-electron chi connectivity index (χ4n) is 8.65. The second-order valence-corrected chi connectivity index (χ2v) is 13.6. The van der Waals surface area contributed by atoms with Crippen LogP contribution in [-0.4, -0.2) is 0 Å². The minimum Gasteiger partial charge on any atom is -0.456 e. The number of furan rings is 1. The molecule has 1 heteroatoms. The summed E-state index contributed by atoms with van der Waals surface area (Å²) in [7, 11) is 0.